The summed E-state index contributed by atoms with van der Waals surface area (Å²) in [5.41, 5.74) is -0.190. The molecular formula is C22H21F3N4O3S. The molecule has 3 aromatic rings. The van der Waals surface area contributed by atoms with E-state index in [4.69, 9.17) is 5.14 Å². The van der Waals surface area contributed by atoms with Crippen LogP contribution in [0, 0.1) is 6.92 Å². The van der Waals surface area contributed by atoms with E-state index < -0.39 is 27.9 Å². The van der Waals surface area contributed by atoms with Crippen LogP contribution in [0.15, 0.2) is 59.6 Å². The Morgan fingerprint density at radius 2 is 1.67 bits per heavy atom. The Kier molecular flexibility index (Phi) is 5.89. The Labute approximate surface area is 188 Å². The Morgan fingerprint density at radius 1 is 1.00 bits per heavy atom. The normalized spacial score (nSPS) is 18.6. The van der Waals surface area contributed by atoms with E-state index >= 15 is 0 Å². The number of aromatic nitrogens is 2. The van der Waals surface area contributed by atoms with Crippen LogP contribution < -0.4 is 10.0 Å². The Balaban J connectivity index is 1.90. The average molecular weight is 478 g/mol. The van der Waals surface area contributed by atoms with Crippen molar-refractivity contribution >= 4 is 21.7 Å². The predicted molar refractivity (Wildman–Crippen MR) is 116 cm³/mol. The van der Waals surface area contributed by atoms with Crippen LogP contribution in [0.2, 0.25) is 0 Å². The van der Waals surface area contributed by atoms with Gasteiger partial charge in [-0.3, -0.25) is 0 Å². The molecule has 174 valence electrons. The number of sulfonamides is 1. The highest BCUT2D eigenvalue weighted by Gasteiger charge is 2.38. The Morgan fingerprint density at radius 3 is 2.27 bits per heavy atom. The minimum absolute atomic E-state index is 0.150. The highest BCUT2D eigenvalue weighted by atomic mass is 32.2. The number of halogens is 3. The molecule has 0 bridgehead atoms. The molecule has 0 unspecified atom stereocenters. The third kappa shape index (κ3) is 4.70. The quantitative estimate of drug-likeness (QED) is 0.578. The van der Waals surface area contributed by atoms with Gasteiger partial charge in [0.2, 0.25) is 0 Å². The first kappa shape index (κ1) is 23.1. The number of anilines is 2. The van der Waals surface area contributed by atoms with E-state index in [1.165, 1.54) is 24.3 Å². The number of nitrogens with two attached hydrogens (primary N) is 1. The zero-order valence-corrected chi connectivity index (χ0v) is 18.3. The van der Waals surface area contributed by atoms with Crippen molar-refractivity contribution in [3.05, 3.63) is 65.7 Å². The van der Waals surface area contributed by atoms with Crippen molar-refractivity contribution in [2.45, 2.75) is 43.1 Å². The van der Waals surface area contributed by atoms with Crippen LogP contribution in [0.25, 0.3) is 11.3 Å². The van der Waals surface area contributed by atoms with E-state index in [9.17, 15) is 26.7 Å². The zero-order chi connectivity index (χ0) is 24.0. The van der Waals surface area contributed by atoms with Crippen molar-refractivity contribution < 1.29 is 26.7 Å². The van der Waals surface area contributed by atoms with Crippen LogP contribution in [-0.2, 0) is 16.2 Å². The van der Waals surface area contributed by atoms with Gasteiger partial charge in [0.25, 0.3) is 10.0 Å². The summed E-state index contributed by atoms with van der Waals surface area (Å²) < 4.78 is 65.0. The molecule has 3 N–H and O–H groups in total. The molecule has 1 aliphatic rings. The minimum atomic E-state index is -4.63. The van der Waals surface area contributed by atoms with Crippen molar-refractivity contribution in [2.75, 3.05) is 4.90 Å². The summed E-state index contributed by atoms with van der Waals surface area (Å²) in [7, 11) is -4.11. The molecule has 0 amide bonds. The first-order valence-corrected chi connectivity index (χ1v) is 11.6. The molecule has 0 atom stereocenters. The number of benzene rings is 1. The third-order valence-electron chi connectivity index (χ3n) is 5.53. The van der Waals surface area contributed by atoms with E-state index in [2.05, 4.69) is 9.97 Å². The van der Waals surface area contributed by atoms with Crippen molar-refractivity contribution in [1.29, 1.82) is 0 Å². The van der Waals surface area contributed by atoms with E-state index in [0.29, 0.717) is 24.0 Å². The fourth-order valence-corrected chi connectivity index (χ4v) is 4.30. The predicted octanol–water partition coefficient (Wildman–Crippen LogP) is 3.78. The molecule has 0 spiro atoms. The lowest BCUT2D eigenvalue weighted by atomic mass is 9.88. The summed E-state index contributed by atoms with van der Waals surface area (Å²) in [5.74, 6) is 0.304. The lowest BCUT2D eigenvalue weighted by Gasteiger charge is -2.41. The van der Waals surface area contributed by atoms with Gasteiger partial charge in [-0.15, -0.1) is 0 Å². The summed E-state index contributed by atoms with van der Waals surface area (Å²) in [6, 6.07) is 12.6. The maximum absolute atomic E-state index is 13.8. The van der Waals surface area contributed by atoms with E-state index in [0.717, 1.165) is 6.07 Å². The van der Waals surface area contributed by atoms with E-state index in [1.54, 1.807) is 36.1 Å². The third-order valence-corrected chi connectivity index (χ3v) is 6.34. The fraction of sp³-hybridized carbons (Fsp3) is 0.273. The molecular weight excluding hydrogens is 457 g/mol. The molecule has 0 aliphatic heterocycles. The monoisotopic (exact) mass is 478 g/mol. The second-order valence-electron chi connectivity index (χ2n) is 7.91. The highest BCUT2D eigenvalue weighted by molar-refractivity contribution is 7.89. The van der Waals surface area contributed by atoms with Crippen LogP contribution in [0.4, 0.5) is 24.8 Å². The number of aliphatic hydroxyl groups is 1. The van der Waals surface area contributed by atoms with Crippen molar-refractivity contribution in [2.24, 2.45) is 5.14 Å². The van der Waals surface area contributed by atoms with Gasteiger partial charge in [0.15, 0.2) is 5.03 Å². The number of aliphatic hydroxyl groups excluding tert-OH is 1. The van der Waals surface area contributed by atoms with Gasteiger partial charge in [-0.25, -0.2) is 23.5 Å². The maximum Gasteiger partial charge on any atom is 0.418 e. The fourth-order valence-electron chi connectivity index (χ4n) is 3.81. The van der Waals surface area contributed by atoms with Crippen LogP contribution >= 0.6 is 0 Å². The van der Waals surface area contributed by atoms with E-state index in [1.807, 2.05) is 0 Å². The molecule has 11 heteroatoms. The molecule has 2 aromatic heterocycles. The van der Waals surface area contributed by atoms with Gasteiger partial charge < -0.3 is 10.0 Å². The molecule has 0 radical (unpaired) electrons. The largest absolute Gasteiger partial charge is 0.418 e. The lowest BCUT2D eigenvalue weighted by molar-refractivity contribution is -0.137. The number of primary sulfonamides is 1. The van der Waals surface area contributed by atoms with Crippen molar-refractivity contribution in [3.8, 4) is 11.3 Å². The van der Waals surface area contributed by atoms with Gasteiger partial charge in [-0.1, -0.05) is 30.3 Å². The summed E-state index contributed by atoms with van der Waals surface area (Å²) in [4.78, 5) is 10.0. The Bertz CT molecular complexity index is 1290. The minimum Gasteiger partial charge on any atom is -0.393 e. The summed E-state index contributed by atoms with van der Waals surface area (Å²) >= 11 is 0. The molecule has 4 rings (SSSR count). The summed E-state index contributed by atoms with van der Waals surface area (Å²) in [5, 5.41) is 14.7. The molecule has 2 heterocycles. The van der Waals surface area contributed by atoms with Gasteiger partial charge in [0, 0.05) is 11.6 Å². The van der Waals surface area contributed by atoms with Gasteiger partial charge in [-0.2, -0.15) is 13.2 Å². The lowest BCUT2D eigenvalue weighted by Crippen LogP contribution is -2.45. The molecule has 1 aromatic carbocycles. The topological polar surface area (TPSA) is 109 Å². The van der Waals surface area contributed by atoms with Crippen LogP contribution in [0.5, 0.6) is 0 Å². The SMILES string of the molecule is Cc1ccccc1-c1nc(N(c2cccc(S(N)(=O)=O)n2)C2CC(O)C2)ccc1C(F)(F)F. The number of alkyl halides is 3. The first-order chi connectivity index (χ1) is 15.4. The Hall–Kier alpha value is -3.02. The van der Waals surface area contributed by atoms with Crippen LogP contribution in [0.3, 0.4) is 0 Å². The number of hydrogen-bond acceptors (Lipinski definition) is 6. The van der Waals surface area contributed by atoms with Gasteiger partial charge in [-0.05, 0) is 49.6 Å². The van der Waals surface area contributed by atoms with E-state index in [-0.39, 0.29) is 28.4 Å². The van der Waals surface area contributed by atoms with Crippen LogP contribution in [0.1, 0.15) is 24.0 Å². The second kappa shape index (κ2) is 8.40. The first-order valence-electron chi connectivity index (χ1n) is 10.1. The standard InChI is InChI=1S/C22H21F3N4O3S/c1-13-5-2-3-6-16(13)21-17(22(23,24)25)9-10-19(28-21)29(14-11-15(30)12-14)18-7-4-8-20(27-18)33(26,31)32/h2-10,14-15,30H,11-12H2,1H3,(H2,26,31,32). The number of hydrogen-bond donors (Lipinski definition) is 2. The molecule has 7 nitrogen and oxygen atoms in total. The number of pyridine rings is 2. The molecule has 33 heavy (non-hydrogen) atoms. The van der Waals surface area contributed by atoms with Gasteiger partial charge in [0.05, 0.1) is 17.4 Å². The molecule has 1 aliphatic carbocycles. The molecule has 1 fully saturated rings. The highest BCUT2D eigenvalue weighted by Crippen LogP contribution is 2.41. The second-order valence-corrected chi connectivity index (χ2v) is 9.41. The smallest absolute Gasteiger partial charge is 0.393 e. The zero-order valence-electron chi connectivity index (χ0n) is 17.5. The number of nitrogens with zero attached hydrogens (tertiary/aromatic N) is 3. The van der Waals surface area contributed by atoms with Gasteiger partial charge in [0.1, 0.15) is 11.6 Å². The maximum atomic E-state index is 13.8. The van der Waals surface area contributed by atoms with Crippen LogP contribution in [-0.4, -0.2) is 35.6 Å². The molecule has 1 saturated carbocycles. The average Bonchev–Trinajstić information content (AvgIpc) is 2.72. The summed E-state index contributed by atoms with van der Waals surface area (Å²) in [6.45, 7) is 1.70. The number of aryl methyl sites for hydroxylation is 1. The molecule has 0 saturated heterocycles. The van der Waals surface area contributed by atoms with Gasteiger partial charge >= 0.3 is 6.18 Å². The summed E-state index contributed by atoms with van der Waals surface area (Å²) in [6.07, 6.45) is -4.57. The van der Waals surface area contributed by atoms with Crippen molar-refractivity contribution in [1.82, 2.24) is 9.97 Å². The number of rotatable bonds is 5. The van der Waals surface area contributed by atoms with Crippen molar-refractivity contribution in [3.63, 3.8) is 0 Å².